The number of nitrogens with one attached hydrogen (secondary N) is 1. The maximum atomic E-state index is 6.13. The van der Waals surface area contributed by atoms with Crippen LogP contribution in [0.5, 0.6) is 0 Å². The molecule has 0 bridgehead atoms. The Balaban J connectivity index is 1.56. The average molecular weight is 348 g/mol. The van der Waals surface area contributed by atoms with E-state index in [0.29, 0.717) is 11.9 Å². The number of fused-ring (bicyclic) bond motifs is 1. The Morgan fingerprint density at radius 2 is 2.04 bits per heavy atom. The Hall–Kier alpha value is -2.77. The molecule has 0 aliphatic carbocycles. The molecule has 4 heterocycles. The second-order valence-corrected chi connectivity index (χ2v) is 7.20. The van der Waals surface area contributed by atoms with Gasteiger partial charge in [0.1, 0.15) is 10.8 Å². The number of hydrogen-bond acceptors (Lipinski definition) is 6. The molecule has 0 atom stereocenters. The summed E-state index contributed by atoms with van der Waals surface area (Å²) >= 11 is 1.63. The zero-order valence-electron chi connectivity index (χ0n) is 13.4. The SMILES string of the molecule is Nc1ncc(-c2cnn(C3CNC3)c2)cc1-c1nc2ccccc2s1. The van der Waals surface area contributed by atoms with Crippen LogP contribution in [0.2, 0.25) is 0 Å². The van der Waals surface area contributed by atoms with Gasteiger partial charge in [0.2, 0.25) is 0 Å². The lowest BCUT2D eigenvalue weighted by Crippen LogP contribution is -2.43. The van der Waals surface area contributed by atoms with Crippen LogP contribution in [-0.2, 0) is 0 Å². The van der Waals surface area contributed by atoms with E-state index in [1.165, 1.54) is 0 Å². The normalized spacial score (nSPS) is 14.7. The summed E-state index contributed by atoms with van der Waals surface area (Å²) in [5.74, 6) is 0.499. The number of thiazole rings is 1. The Morgan fingerprint density at radius 1 is 1.16 bits per heavy atom. The number of para-hydroxylation sites is 1. The summed E-state index contributed by atoms with van der Waals surface area (Å²) in [6.45, 7) is 1.94. The first-order chi connectivity index (χ1) is 12.3. The summed E-state index contributed by atoms with van der Waals surface area (Å²) in [4.78, 5) is 9.09. The van der Waals surface area contributed by atoms with Crippen molar-refractivity contribution in [2.24, 2.45) is 0 Å². The third-order valence-corrected chi connectivity index (χ3v) is 5.58. The molecule has 5 rings (SSSR count). The summed E-state index contributed by atoms with van der Waals surface area (Å²) in [6.07, 6.45) is 5.75. The van der Waals surface area contributed by atoms with Crippen molar-refractivity contribution in [2.45, 2.75) is 6.04 Å². The number of rotatable bonds is 3. The predicted octanol–water partition coefficient (Wildman–Crippen LogP) is 2.95. The van der Waals surface area contributed by atoms with E-state index >= 15 is 0 Å². The van der Waals surface area contributed by atoms with Gasteiger partial charge in [0.05, 0.1) is 28.0 Å². The molecule has 7 heteroatoms. The van der Waals surface area contributed by atoms with Gasteiger partial charge in [-0.2, -0.15) is 5.10 Å². The van der Waals surface area contributed by atoms with Crippen molar-refractivity contribution in [2.75, 3.05) is 18.8 Å². The fraction of sp³-hybridized carbons (Fsp3) is 0.167. The van der Waals surface area contributed by atoms with Crippen molar-refractivity contribution >= 4 is 27.4 Å². The predicted molar refractivity (Wildman–Crippen MR) is 100 cm³/mol. The van der Waals surface area contributed by atoms with E-state index in [4.69, 9.17) is 10.7 Å². The van der Waals surface area contributed by atoms with Gasteiger partial charge in [-0.25, -0.2) is 9.97 Å². The molecule has 0 amide bonds. The van der Waals surface area contributed by atoms with Crippen LogP contribution < -0.4 is 11.1 Å². The summed E-state index contributed by atoms with van der Waals surface area (Å²) in [5, 5.41) is 8.63. The van der Waals surface area contributed by atoms with Gasteiger partial charge in [0.25, 0.3) is 0 Å². The molecular weight excluding hydrogens is 332 g/mol. The van der Waals surface area contributed by atoms with Gasteiger partial charge in [-0.15, -0.1) is 11.3 Å². The lowest BCUT2D eigenvalue weighted by molar-refractivity contribution is 0.318. The van der Waals surface area contributed by atoms with Gasteiger partial charge in [0, 0.05) is 36.6 Å². The van der Waals surface area contributed by atoms with Crippen molar-refractivity contribution < 1.29 is 0 Å². The maximum absolute atomic E-state index is 6.13. The summed E-state index contributed by atoms with van der Waals surface area (Å²) in [7, 11) is 0. The fourth-order valence-electron chi connectivity index (χ4n) is 2.94. The highest BCUT2D eigenvalue weighted by Gasteiger charge is 2.20. The van der Waals surface area contributed by atoms with Crippen molar-refractivity contribution in [3.05, 3.63) is 48.9 Å². The first-order valence-electron chi connectivity index (χ1n) is 8.14. The molecular formula is C18H16N6S. The number of hydrogen-bond donors (Lipinski definition) is 2. The largest absolute Gasteiger partial charge is 0.383 e. The Labute approximate surface area is 148 Å². The van der Waals surface area contributed by atoms with E-state index in [9.17, 15) is 0 Å². The maximum Gasteiger partial charge on any atom is 0.133 e. The van der Waals surface area contributed by atoms with E-state index < -0.39 is 0 Å². The molecule has 1 aromatic carbocycles. The summed E-state index contributed by atoms with van der Waals surface area (Å²) in [5.41, 5.74) is 10.0. The molecule has 1 aliphatic heterocycles. The number of nitrogen functional groups attached to an aromatic ring is 1. The first-order valence-corrected chi connectivity index (χ1v) is 8.96. The second-order valence-electron chi connectivity index (χ2n) is 6.16. The molecule has 0 saturated carbocycles. The van der Waals surface area contributed by atoms with Crippen molar-refractivity contribution in [3.8, 4) is 21.7 Å². The average Bonchev–Trinajstić information content (AvgIpc) is 3.20. The Kier molecular flexibility index (Phi) is 3.29. The number of nitrogens with two attached hydrogens (primary N) is 1. The van der Waals surface area contributed by atoms with Crippen LogP contribution in [-0.4, -0.2) is 32.8 Å². The molecule has 0 unspecified atom stereocenters. The molecule has 124 valence electrons. The summed E-state index contributed by atoms with van der Waals surface area (Å²) in [6, 6.07) is 10.6. The molecule has 25 heavy (non-hydrogen) atoms. The zero-order valence-corrected chi connectivity index (χ0v) is 14.2. The minimum Gasteiger partial charge on any atom is -0.383 e. The second kappa shape index (κ2) is 5.65. The van der Waals surface area contributed by atoms with Gasteiger partial charge in [-0.3, -0.25) is 4.68 Å². The van der Waals surface area contributed by atoms with Crippen LogP contribution in [0, 0.1) is 0 Å². The van der Waals surface area contributed by atoms with E-state index in [-0.39, 0.29) is 0 Å². The number of pyridine rings is 1. The van der Waals surface area contributed by atoms with Gasteiger partial charge in [-0.1, -0.05) is 12.1 Å². The lowest BCUT2D eigenvalue weighted by Gasteiger charge is -2.27. The van der Waals surface area contributed by atoms with Crippen LogP contribution in [0.25, 0.3) is 31.9 Å². The third kappa shape index (κ3) is 2.48. The van der Waals surface area contributed by atoms with Crippen LogP contribution in [0.1, 0.15) is 6.04 Å². The van der Waals surface area contributed by atoms with Crippen LogP contribution in [0.3, 0.4) is 0 Å². The van der Waals surface area contributed by atoms with E-state index in [0.717, 1.165) is 45.0 Å². The molecule has 1 fully saturated rings. The van der Waals surface area contributed by atoms with E-state index in [2.05, 4.69) is 33.7 Å². The molecule has 0 radical (unpaired) electrons. The van der Waals surface area contributed by atoms with Crippen LogP contribution in [0.15, 0.2) is 48.9 Å². The minimum absolute atomic E-state index is 0.444. The van der Waals surface area contributed by atoms with E-state index in [1.807, 2.05) is 29.1 Å². The fourth-order valence-corrected chi connectivity index (χ4v) is 3.93. The first kappa shape index (κ1) is 14.6. The van der Waals surface area contributed by atoms with Crippen molar-refractivity contribution in [1.82, 2.24) is 25.1 Å². The van der Waals surface area contributed by atoms with Crippen molar-refractivity contribution in [3.63, 3.8) is 0 Å². The highest BCUT2D eigenvalue weighted by Crippen LogP contribution is 2.34. The van der Waals surface area contributed by atoms with E-state index in [1.54, 1.807) is 17.5 Å². The number of anilines is 1. The molecule has 3 N–H and O–H groups in total. The third-order valence-electron chi connectivity index (χ3n) is 4.51. The Morgan fingerprint density at radius 3 is 2.84 bits per heavy atom. The molecule has 1 saturated heterocycles. The monoisotopic (exact) mass is 348 g/mol. The number of nitrogens with zero attached hydrogens (tertiary/aromatic N) is 4. The molecule has 6 nitrogen and oxygen atoms in total. The standard InChI is InChI=1S/C18H16N6S/c19-17-14(18-23-15-3-1-2-4-16(15)25-18)5-11(6-21-17)12-7-22-24(10-12)13-8-20-9-13/h1-7,10,13,20H,8-9H2,(H2,19,21). The lowest BCUT2D eigenvalue weighted by atomic mass is 10.1. The number of benzene rings is 1. The van der Waals surface area contributed by atoms with Crippen molar-refractivity contribution in [1.29, 1.82) is 0 Å². The summed E-state index contributed by atoms with van der Waals surface area (Å²) < 4.78 is 3.16. The highest BCUT2D eigenvalue weighted by atomic mass is 32.1. The number of aromatic nitrogens is 4. The highest BCUT2D eigenvalue weighted by molar-refractivity contribution is 7.21. The molecule has 0 spiro atoms. The molecule has 1 aliphatic rings. The van der Waals surface area contributed by atoms with Crippen LogP contribution >= 0.6 is 11.3 Å². The van der Waals surface area contributed by atoms with Gasteiger partial charge in [0.15, 0.2) is 0 Å². The minimum atomic E-state index is 0.444. The van der Waals surface area contributed by atoms with Gasteiger partial charge >= 0.3 is 0 Å². The topological polar surface area (TPSA) is 81.6 Å². The van der Waals surface area contributed by atoms with Gasteiger partial charge < -0.3 is 11.1 Å². The Bertz CT molecular complexity index is 1030. The quantitative estimate of drug-likeness (QED) is 0.595. The molecule has 3 aromatic heterocycles. The van der Waals surface area contributed by atoms with Gasteiger partial charge in [-0.05, 0) is 18.2 Å². The molecule has 4 aromatic rings. The van der Waals surface area contributed by atoms with Crippen LogP contribution in [0.4, 0.5) is 5.82 Å². The zero-order chi connectivity index (χ0) is 16.8. The smallest absolute Gasteiger partial charge is 0.133 e.